The molecule has 0 unspecified atom stereocenters. The van der Waals surface area contributed by atoms with E-state index in [4.69, 9.17) is 25.8 Å². The van der Waals surface area contributed by atoms with Crippen LogP contribution in [0, 0.1) is 5.92 Å². The van der Waals surface area contributed by atoms with Gasteiger partial charge < -0.3 is 14.2 Å². The lowest BCUT2D eigenvalue weighted by atomic mass is 9.84. The van der Waals surface area contributed by atoms with Crippen LogP contribution in [0.5, 0.6) is 0 Å². The van der Waals surface area contributed by atoms with Crippen LogP contribution < -0.4 is 0 Å². The smallest absolute Gasteiger partial charge is 0.115 e. The monoisotopic (exact) mass is 570 g/mol. The summed E-state index contributed by atoms with van der Waals surface area (Å²) in [5, 5.41) is 9.45. The van der Waals surface area contributed by atoms with Gasteiger partial charge in [-0.2, -0.15) is 10.2 Å². The Morgan fingerprint density at radius 1 is 0.756 bits per heavy atom. The summed E-state index contributed by atoms with van der Waals surface area (Å²) in [4.78, 5) is 0. The van der Waals surface area contributed by atoms with Crippen LogP contribution in [0.1, 0.15) is 66.9 Å². The minimum atomic E-state index is -0.315. The van der Waals surface area contributed by atoms with Gasteiger partial charge in [0.25, 0.3) is 0 Å². The molecule has 5 rings (SSSR count). The van der Waals surface area contributed by atoms with E-state index >= 15 is 0 Å². The summed E-state index contributed by atoms with van der Waals surface area (Å²) in [7, 11) is 0. The van der Waals surface area contributed by atoms with Gasteiger partial charge in [-0.25, -0.2) is 0 Å². The van der Waals surface area contributed by atoms with Gasteiger partial charge in [0.1, 0.15) is 12.2 Å². The molecule has 41 heavy (non-hydrogen) atoms. The number of benzene rings is 3. The molecule has 214 valence electrons. The fraction of sp³-hybridized carbons (Fsp3) is 0.371. The number of hydrogen-bond donors (Lipinski definition) is 0. The number of rotatable bonds is 11. The Hall–Kier alpha value is -3.09. The molecule has 1 aliphatic rings. The molecule has 1 aliphatic heterocycles. The summed E-state index contributed by atoms with van der Waals surface area (Å²) >= 11 is 6.70. The maximum absolute atomic E-state index is 6.82. The number of halogens is 1. The van der Waals surface area contributed by atoms with E-state index in [9.17, 15) is 0 Å². The first kappa shape index (κ1) is 29.4. The number of aryl methyl sites for hydroxylation is 1. The lowest BCUT2D eigenvalue weighted by Crippen LogP contribution is -2.51. The lowest BCUT2D eigenvalue weighted by molar-refractivity contribution is -0.234. The van der Waals surface area contributed by atoms with Gasteiger partial charge in [0.2, 0.25) is 0 Å². The highest BCUT2D eigenvalue weighted by atomic mass is 35.5. The number of ether oxygens (including phenoxy) is 3. The van der Waals surface area contributed by atoms with Crippen LogP contribution >= 0.6 is 11.6 Å². The maximum Gasteiger partial charge on any atom is 0.115 e. The number of aromatic nitrogens is 2. The summed E-state index contributed by atoms with van der Waals surface area (Å²) < 4.78 is 20.2. The third kappa shape index (κ3) is 7.41. The van der Waals surface area contributed by atoms with Crippen LogP contribution in [-0.2, 0) is 40.3 Å². The van der Waals surface area contributed by atoms with Gasteiger partial charge >= 0.3 is 0 Å². The first-order chi connectivity index (χ1) is 20.1. The Morgan fingerprint density at radius 3 is 1.95 bits per heavy atom. The number of nitrogens with zero attached hydrogens (tertiary/aromatic N) is 2. The highest BCUT2D eigenvalue weighted by Crippen LogP contribution is 2.41. The molecule has 0 bridgehead atoms. The molecule has 0 saturated carbocycles. The number of hydrogen-bond acceptors (Lipinski definition) is 5. The SMILES string of the molecule is CCc1ccc(Cc2cc([C@@H]3O[C@H](CC)[C@@H](C)[C@H](OCc4ccccc4)[C@H]3OCc3ccccc3)ccc2Cl)nn1. The standard InChI is InChI=1S/C35H39ClN2O3/c1-4-29-17-18-30(38-37-29)21-28-20-27(16-19-31(28)36)34-35(40-23-26-14-10-7-11-15-26)33(24(3)32(5-2)41-34)39-22-25-12-8-6-9-13-25/h6-20,24,32-35H,4-5,21-23H2,1-3H3/t24-,32-,33+,34+,35-/m1/s1. The molecule has 1 saturated heterocycles. The molecule has 4 aromatic rings. The molecule has 1 fully saturated rings. The van der Waals surface area contributed by atoms with Gasteiger partial charge in [-0.1, -0.05) is 105 Å². The van der Waals surface area contributed by atoms with Crippen molar-refractivity contribution in [3.63, 3.8) is 0 Å². The van der Waals surface area contributed by atoms with Crippen molar-refractivity contribution in [2.45, 2.75) is 77.7 Å². The van der Waals surface area contributed by atoms with E-state index in [0.29, 0.717) is 24.7 Å². The van der Waals surface area contributed by atoms with Crippen molar-refractivity contribution in [3.8, 4) is 0 Å². The fourth-order valence-electron chi connectivity index (χ4n) is 5.54. The quantitative estimate of drug-likeness (QED) is 0.183. The summed E-state index contributed by atoms with van der Waals surface area (Å²) in [6.07, 6.45) is 1.58. The third-order valence-electron chi connectivity index (χ3n) is 7.93. The highest BCUT2D eigenvalue weighted by Gasteiger charge is 2.45. The van der Waals surface area contributed by atoms with E-state index in [-0.39, 0.29) is 30.3 Å². The lowest BCUT2D eigenvalue weighted by Gasteiger charge is -2.46. The Morgan fingerprint density at radius 2 is 1.37 bits per heavy atom. The summed E-state index contributed by atoms with van der Waals surface area (Å²) in [6, 6.07) is 30.8. The first-order valence-corrected chi connectivity index (χ1v) is 15.0. The Bertz CT molecular complexity index is 1370. The molecule has 0 radical (unpaired) electrons. The zero-order valence-corrected chi connectivity index (χ0v) is 24.8. The molecular weight excluding hydrogens is 532 g/mol. The van der Waals surface area contributed by atoms with Gasteiger partial charge in [-0.05, 0) is 53.3 Å². The second-order valence-electron chi connectivity index (χ2n) is 10.8. The Kier molecular flexibility index (Phi) is 10.2. The van der Waals surface area contributed by atoms with E-state index in [0.717, 1.165) is 46.5 Å². The molecular formula is C35H39ClN2O3. The largest absolute Gasteiger partial charge is 0.370 e. The maximum atomic E-state index is 6.82. The molecule has 5 nitrogen and oxygen atoms in total. The minimum Gasteiger partial charge on any atom is -0.370 e. The van der Waals surface area contributed by atoms with Crippen molar-refractivity contribution in [3.05, 3.63) is 130 Å². The molecule has 0 N–H and O–H groups in total. The molecule has 0 spiro atoms. The fourth-order valence-corrected chi connectivity index (χ4v) is 5.73. The molecule has 3 aromatic carbocycles. The van der Waals surface area contributed by atoms with Crippen molar-refractivity contribution in [1.82, 2.24) is 10.2 Å². The van der Waals surface area contributed by atoms with E-state index < -0.39 is 0 Å². The average Bonchev–Trinajstić information content (AvgIpc) is 3.02. The first-order valence-electron chi connectivity index (χ1n) is 14.6. The molecule has 0 aliphatic carbocycles. The topological polar surface area (TPSA) is 53.5 Å². The van der Waals surface area contributed by atoms with Crippen LogP contribution in [-0.4, -0.2) is 28.5 Å². The highest BCUT2D eigenvalue weighted by molar-refractivity contribution is 6.31. The third-order valence-corrected chi connectivity index (χ3v) is 8.30. The van der Waals surface area contributed by atoms with Crippen LogP contribution in [0.2, 0.25) is 5.02 Å². The normalized spacial score (nSPS) is 22.5. The van der Waals surface area contributed by atoms with Gasteiger partial charge in [-0.3, -0.25) is 0 Å². The molecule has 6 heteroatoms. The average molecular weight is 571 g/mol. The van der Waals surface area contributed by atoms with Gasteiger partial charge in [0.15, 0.2) is 0 Å². The summed E-state index contributed by atoms with van der Waals surface area (Å²) in [5.74, 6) is 0.153. The van der Waals surface area contributed by atoms with Crippen molar-refractivity contribution >= 4 is 11.6 Å². The predicted octanol–water partition coefficient (Wildman–Crippen LogP) is 7.94. The Labute approximate surface area is 248 Å². The molecule has 2 heterocycles. The van der Waals surface area contributed by atoms with Crippen LogP contribution in [0.3, 0.4) is 0 Å². The van der Waals surface area contributed by atoms with Crippen molar-refractivity contribution in [1.29, 1.82) is 0 Å². The van der Waals surface area contributed by atoms with E-state index in [2.05, 4.69) is 67.4 Å². The zero-order valence-electron chi connectivity index (χ0n) is 24.1. The van der Waals surface area contributed by atoms with E-state index in [1.54, 1.807) is 0 Å². The van der Waals surface area contributed by atoms with Crippen LogP contribution in [0.25, 0.3) is 0 Å². The predicted molar refractivity (Wildman–Crippen MR) is 163 cm³/mol. The Balaban J connectivity index is 1.45. The van der Waals surface area contributed by atoms with Crippen LogP contribution in [0.4, 0.5) is 0 Å². The molecule has 0 amide bonds. The van der Waals surface area contributed by atoms with Crippen molar-refractivity contribution < 1.29 is 14.2 Å². The van der Waals surface area contributed by atoms with Crippen LogP contribution in [0.15, 0.2) is 91.0 Å². The summed E-state index contributed by atoms with van der Waals surface area (Å²) in [6.45, 7) is 7.45. The minimum absolute atomic E-state index is 0.0314. The zero-order chi connectivity index (χ0) is 28.6. The van der Waals surface area contributed by atoms with Crippen molar-refractivity contribution in [2.24, 2.45) is 5.92 Å². The van der Waals surface area contributed by atoms with Gasteiger partial charge in [0, 0.05) is 17.4 Å². The summed E-state index contributed by atoms with van der Waals surface area (Å²) in [5.41, 5.74) is 6.13. The van der Waals surface area contributed by atoms with E-state index in [1.807, 2.05) is 54.6 Å². The van der Waals surface area contributed by atoms with Crippen molar-refractivity contribution in [2.75, 3.05) is 0 Å². The second-order valence-corrected chi connectivity index (χ2v) is 11.2. The van der Waals surface area contributed by atoms with Gasteiger partial charge in [-0.15, -0.1) is 0 Å². The molecule has 1 aromatic heterocycles. The second kappa shape index (κ2) is 14.2. The van der Waals surface area contributed by atoms with E-state index in [1.165, 1.54) is 0 Å². The van der Waals surface area contributed by atoms with Gasteiger partial charge in [0.05, 0.1) is 36.8 Å². The molecule has 5 atom stereocenters.